The second-order valence-corrected chi connectivity index (χ2v) is 19.6. The van der Waals surface area contributed by atoms with Crippen molar-refractivity contribution in [3.05, 3.63) is 90.1 Å². The number of carbonyl (C=O) groups excluding carboxylic acids is 8. The number of nitrogens with two attached hydrogens (primary N) is 3. The number of H-pyrrole nitrogens is 2. The second kappa shape index (κ2) is 27.1. The van der Waals surface area contributed by atoms with Gasteiger partial charge in [-0.25, -0.2) is 4.98 Å². The summed E-state index contributed by atoms with van der Waals surface area (Å²) in [6, 6.07) is 6.48. The van der Waals surface area contributed by atoms with Crippen LogP contribution in [0.4, 0.5) is 0 Å². The normalized spacial score (nSPS) is 24.6. The number of nitrogens with zero attached hydrogens (tertiary/aromatic N) is 3. The molecule has 8 atom stereocenters. The number of hydrogen-bond donors (Lipinski definition) is 13. The predicted octanol–water partition coefficient (Wildman–Crippen LogP) is -1.44. The van der Waals surface area contributed by atoms with E-state index in [1.807, 2.05) is 24.3 Å². The van der Waals surface area contributed by atoms with E-state index in [0.29, 0.717) is 68.3 Å². The lowest BCUT2D eigenvalue weighted by Crippen LogP contribution is -2.62. The molecule has 0 spiro atoms. The standard InChI is InChI=1S/C52H72N16O8/c53-20-8-6-17-37-50(75)68-23-11-19-43(68)51(76)67-22-10-18-42(67)49(74)65-40(26-33-29-57-30-60-33)47(72)63-38(24-31-12-2-1-3-13-31)45(70)61-36(16-7-9-21-58-52(55)56)44(69)64-39(46(71)66-41(27-54)48(73)62-37)25-32-28-59-35-15-5-4-14-34(32)35/h1-5,12-15,28-30,36-43,59H,6-11,16-27,53-54H2,(H,57,60)(H,61,70)(H,62,73)(H,63,72)(H,64,69)(H,65,74)(H,66,71)(H4,55,56,58)/t36-,37-,38+,39-,40-,41-,42-,43+/m0/s1. The lowest BCUT2D eigenvalue weighted by atomic mass is 10.0. The largest absolute Gasteiger partial charge is 0.370 e. The topological polar surface area (TPSA) is 374 Å². The fourth-order valence-electron chi connectivity index (χ4n) is 10.2. The van der Waals surface area contributed by atoms with Crippen LogP contribution in [0.2, 0.25) is 0 Å². The summed E-state index contributed by atoms with van der Waals surface area (Å²) in [4.78, 5) is 130. The van der Waals surface area contributed by atoms with Crippen molar-refractivity contribution in [2.24, 2.45) is 17.2 Å². The van der Waals surface area contributed by atoms with E-state index in [0.717, 1.165) is 10.9 Å². The zero-order chi connectivity index (χ0) is 54.1. The van der Waals surface area contributed by atoms with Crippen LogP contribution in [0.1, 0.15) is 81.0 Å². The van der Waals surface area contributed by atoms with Crippen molar-refractivity contribution >= 4 is 64.1 Å². The third-order valence-electron chi connectivity index (χ3n) is 14.2. The monoisotopic (exact) mass is 1050 g/mol. The van der Waals surface area contributed by atoms with E-state index >= 15 is 0 Å². The second-order valence-electron chi connectivity index (χ2n) is 19.6. The van der Waals surface area contributed by atoms with Gasteiger partial charge in [-0.15, -0.1) is 0 Å². The predicted molar refractivity (Wildman–Crippen MR) is 281 cm³/mol. The highest BCUT2D eigenvalue weighted by molar-refractivity contribution is 5.99. The van der Waals surface area contributed by atoms with E-state index in [1.54, 1.807) is 36.5 Å². The van der Waals surface area contributed by atoms with Gasteiger partial charge in [-0.2, -0.15) is 0 Å². The number of benzene rings is 2. The molecule has 76 heavy (non-hydrogen) atoms. The van der Waals surface area contributed by atoms with E-state index in [1.165, 1.54) is 22.3 Å². The van der Waals surface area contributed by atoms with E-state index < -0.39 is 102 Å². The Morgan fingerprint density at radius 3 is 1.86 bits per heavy atom. The minimum atomic E-state index is -1.39. The molecule has 0 bridgehead atoms. The lowest BCUT2D eigenvalue weighted by molar-refractivity contribution is -0.148. The summed E-state index contributed by atoms with van der Waals surface area (Å²) >= 11 is 0. The number of unbranched alkanes of at least 4 members (excludes halogenated alkanes) is 2. The highest BCUT2D eigenvalue weighted by atomic mass is 16.2. The summed E-state index contributed by atoms with van der Waals surface area (Å²) < 4.78 is 0. The SMILES string of the molecule is N=C(N)NCCCC[C@@H]1NC(=O)[C@@H](Cc2ccccc2)NC(=O)[C@H](Cc2cnc[nH]2)NC(=O)[C@@H]2CCCN2C(=O)[C@H]2CCCN2C(=O)[C@H](CCCCN)NC(=O)[C@H](CN)NC(=O)[C@H](Cc2c[nH]c3ccccc23)NC1=O. The van der Waals surface area contributed by atoms with E-state index in [2.05, 4.69) is 52.2 Å². The minimum absolute atomic E-state index is 0.0327. The zero-order valence-corrected chi connectivity index (χ0v) is 42.6. The quantitative estimate of drug-likeness (QED) is 0.0348. The molecule has 3 aliphatic heterocycles. The van der Waals surface area contributed by atoms with Crippen LogP contribution < -0.4 is 54.4 Å². The van der Waals surface area contributed by atoms with Crippen molar-refractivity contribution in [1.82, 2.24) is 62.0 Å². The Kier molecular flexibility index (Phi) is 19.9. The molecule has 0 aliphatic carbocycles. The van der Waals surface area contributed by atoms with Gasteiger partial charge in [-0.05, 0) is 87.9 Å². The number of fused-ring (bicyclic) bond motifs is 3. The first-order valence-electron chi connectivity index (χ1n) is 26.2. The van der Waals surface area contributed by atoms with Gasteiger partial charge in [0.1, 0.15) is 48.3 Å². The maximum atomic E-state index is 14.8. The summed E-state index contributed by atoms with van der Waals surface area (Å²) in [5.74, 6) is -5.62. The molecule has 2 aromatic carbocycles. The van der Waals surface area contributed by atoms with Crippen LogP contribution in [0.15, 0.2) is 73.3 Å². The van der Waals surface area contributed by atoms with Crippen LogP contribution in [0.25, 0.3) is 10.9 Å². The Hall–Kier alpha value is -7.86. The molecule has 0 unspecified atom stereocenters. The average Bonchev–Trinajstić information content (AvgIpc) is 4.28. The van der Waals surface area contributed by atoms with Crippen molar-refractivity contribution in [2.75, 3.05) is 32.7 Å². The Balaban J connectivity index is 1.27. The maximum Gasteiger partial charge on any atom is 0.246 e. The molecule has 4 aromatic rings. The van der Waals surface area contributed by atoms with Gasteiger partial charge < -0.3 is 74.2 Å². The molecule has 7 rings (SSSR count). The van der Waals surface area contributed by atoms with Crippen molar-refractivity contribution in [3.8, 4) is 0 Å². The molecular formula is C52H72N16O8. The van der Waals surface area contributed by atoms with Gasteiger partial charge in [0.2, 0.25) is 47.3 Å². The number of para-hydroxylation sites is 1. The molecule has 8 amide bonds. The first-order valence-corrected chi connectivity index (χ1v) is 26.2. The fraction of sp³-hybridized carbons (Fsp3) is 0.500. The van der Waals surface area contributed by atoms with Crippen molar-refractivity contribution in [1.29, 1.82) is 5.41 Å². The van der Waals surface area contributed by atoms with Crippen molar-refractivity contribution < 1.29 is 38.4 Å². The number of aromatic amines is 2. The van der Waals surface area contributed by atoms with Gasteiger partial charge in [0, 0.05) is 74.4 Å². The van der Waals surface area contributed by atoms with E-state index in [-0.39, 0.29) is 64.1 Å². The molecular weight excluding hydrogens is 977 g/mol. The number of imidazole rings is 1. The highest BCUT2D eigenvalue weighted by Crippen LogP contribution is 2.27. The smallest absolute Gasteiger partial charge is 0.246 e. The molecule has 408 valence electrons. The van der Waals surface area contributed by atoms with Gasteiger partial charge in [0.05, 0.1) is 6.33 Å². The van der Waals surface area contributed by atoms with E-state index in [4.69, 9.17) is 22.6 Å². The van der Waals surface area contributed by atoms with Crippen LogP contribution in [-0.4, -0.2) is 159 Å². The van der Waals surface area contributed by atoms with Crippen LogP contribution in [-0.2, 0) is 57.6 Å². The van der Waals surface area contributed by atoms with Gasteiger partial charge >= 0.3 is 0 Å². The molecule has 16 N–H and O–H groups in total. The van der Waals surface area contributed by atoms with Gasteiger partial charge in [0.15, 0.2) is 5.96 Å². The highest BCUT2D eigenvalue weighted by Gasteiger charge is 2.45. The molecule has 0 radical (unpaired) electrons. The minimum Gasteiger partial charge on any atom is -0.370 e. The Morgan fingerprint density at radius 1 is 0.605 bits per heavy atom. The number of aromatic nitrogens is 3. The third kappa shape index (κ3) is 14.7. The molecule has 3 fully saturated rings. The van der Waals surface area contributed by atoms with Gasteiger partial charge in [-0.3, -0.25) is 43.8 Å². The van der Waals surface area contributed by atoms with Crippen molar-refractivity contribution in [2.45, 2.75) is 132 Å². The summed E-state index contributed by atoms with van der Waals surface area (Å²) in [6.45, 7) is 0.624. The van der Waals surface area contributed by atoms with Crippen LogP contribution >= 0.6 is 0 Å². The number of amides is 8. The lowest BCUT2D eigenvalue weighted by Gasteiger charge is -2.34. The number of carbonyl (C=O) groups is 8. The molecule has 2 aromatic heterocycles. The van der Waals surface area contributed by atoms with Crippen molar-refractivity contribution in [3.63, 3.8) is 0 Å². The Bertz CT molecular complexity index is 2660. The molecule has 3 saturated heterocycles. The molecule has 24 nitrogen and oxygen atoms in total. The zero-order valence-electron chi connectivity index (χ0n) is 42.6. The van der Waals surface area contributed by atoms with Crippen LogP contribution in [0, 0.1) is 5.41 Å². The number of nitrogens with one attached hydrogen (secondary N) is 10. The molecule has 24 heteroatoms. The number of guanidine groups is 1. The summed E-state index contributed by atoms with van der Waals surface area (Å²) in [5, 5.41) is 28.0. The average molecular weight is 1050 g/mol. The number of hydrogen-bond acceptors (Lipinski definition) is 12. The molecule has 5 heterocycles. The maximum absolute atomic E-state index is 14.8. The summed E-state index contributed by atoms with van der Waals surface area (Å²) in [5.41, 5.74) is 20.1. The number of rotatable bonds is 16. The van der Waals surface area contributed by atoms with Gasteiger partial charge in [0.25, 0.3) is 0 Å². The van der Waals surface area contributed by atoms with Crippen LogP contribution in [0.3, 0.4) is 0 Å². The van der Waals surface area contributed by atoms with Gasteiger partial charge in [-0.1, -0.05) is 48.5 Å². The first kappa shape index (κ1) is 55.9. The van der Waals surface area contributed by atoms with Crippen LogP contribution in [0.5, 0.6) is 0 Å². The molecule has 3 aliphatic rings. The third-order valence-corrected chi connectivity index (χ3v) is 14.2. The first-order chi connectivity index (χ1) is 36.7. The Labute approximate surface area is 440 Å². The summed E-state index contributed by atoms with van der Waals surface area (Å²) in [7, 11) is 0. The van der Waals surface area contributed by atoms with E-state index in [9.17, 15) is 38.4 Å². The Morgan fingerprint density at radius 2 is 1.17 bits per heavy atom. The molecule has 0 saturated carbocycles. The summed E-state index contributed by atoms with van der Waals surface area (Å²) in [6.07, 6.45) is 7.86. The fourth-order valence-corrected chi connectivity index (χ4v) is 10.2.